The van der Waals surface area contributed by atoms with Crippen LogP contribution in [0.2, 0.25) is 0 Å². The standard InChI is InChI=1S/C19H31N9O5/c20-8-15(29)26-13(7-11-9-23-10-25-11)17(31)28-6-2-4-14(28)16(30)27-12(18(32)33)3-1-5-24-19(21)22/h9-10,12-14H,1-8,20H2,(H,23,25)(H,26,29)(H,27,30)(H,32,33)(H4,21,22,24). The Kier molecular flexibility index (Phi) is 9.60. The van der Waals surface area contributed by atoms with Crippen molar-refractivity contribution in [1.29, 1.82) is 0 Å². The number of imidazole rings is 1. The summed E-state index contributed by atoms with van der Waals surface area (Å²) in [4.78, 5) is 61.5. The number of aliphatic carboxylic acids is 1. The number of likely N-dealkylation sites (tertiary alicyclic amines) is 1. The molecule has 0 saturated carbocycles. The van der Waals surface area contributed by atoms with E-state index in [2.05, 4.69) is 25.6 Å². The number of carbonyl (C=O) groups excluding carboxylic acids is 3. The average Bonchev–Trinajstić information content (AvgIpc) is 3.46. The second-order valence-corrected chi connectivity index (χ2v) is 7.64. The normalized spacial score (nSPS) is 17.1. The molecule has 1 fully saturated rings. The van der Waals surface area contributed by atoms with Gasteiger partial charge in [-0.05, 0) is 25.7 Å². The zero-order chi connectivity index (χ0) is 24.4. The Balaban J connectivity index is 2.06. The molecule has 2 heterocycles. The highest BCUT2D eigenvalue weighted by molar-refractivity contribution is 5.94. The first-order valence-electron chi connectivity index (χ1n) is 10.6. The Morgan fingerprint density at radius 2 is 2.03 bits per heavy atom. The smallest absolute Gasteiger partial charge is 0.326 e. The van der Waals surface area contributed by atoms with Gasteiger partial charge in [0.2, 0.25) is 17.7 Å². The molecule has 0 aromatic carbocycles. The summed E-state index contributed by atoms with van der Waals surface area (Å²) >= 11 is 0. The lowest BCUT2D eigenvalue weighted by molar-refractivity contribution is -0.145. The molecule has 3 unspecified atom stereocenters. The first-order chi connectivity index (χ1) is 15.7. The molecule has 0 spiro atoms. The Hall–Kier alpha value is -3.68. The van der Waals surface area contributed by atoms with Crippen LogP contribution in [-0.2, 0) is 25.6 Å². The van der Waals surface area contributed by atoms with Gasteiger partial charge in [0.1, 0.15) is 18.1 Å². The number of H-pyrrole nitrogens is 1. The van der Waals surface area contributed by atoms with Gasteiger partial charge < -0.3 is 42.8 Å². The average molecular weight is 466 g/mol. The Bertz CT molecular complexity index is 854. The van der Waals surface area contributed by atoms with Gasteiger partial charge in [-0.15, -0.1) is 0 Å². The van der Waals surface area contributed by atoms with E-state index in [1.807, 2.05) is 0 Å². The number of nitrogens with zero attached hydrogens (tertiary/aromatic N) is 3. The molecule has 1 aromatic heterocycles. The van der Waals surface area contributed by atoms with E-state index in [-0.39, 0.29) is 31.9 Å². The lowest BCUT2D eigenvalue weighted by atomic mass is 10.1. The molecule has 1 aliphatic heterocycles. The maximum Gasteiger partial charge on any atom is 0.326 e. The molecule has 10 N–H and O–H groups in total. The maximum atomic E-state index is 13.2. The van der Waals surface area contributed by atoms with E-state index in [4.69, 9.17) is 17.2 Å². The number of hydrogen-bond acceptors (Lipinski definition) is 7. The molecule has 14 nitrogen and oxygen atoms in total. The molecule has 3 atom stereocenters. The summed E-state index contributed by atoms with van der Waals surface area (Å²) in [5.41, 5.74) is 16.5. The molecule has 3 amide bonds. The fraction of sp³-hybridized carbons (Fsp3) is 0.579. The van der Waals surface area contributed by atoms with Crippen LogP contribution in [-0.4, -0.2) is 87.4 Å². The predicted octanol–water partition coefficient (Wildman–Crippen LogP) is -2.99. The number of nitrogens with one attached hydrogen (secondary N) is 3. The minimum absolute atomic E-state index is 0.0996. The van der Waals surface area contributed by atoms with Crippen LogP contribution in [0.4, 0.5) is 0 Å². The van der Waals surface area contributed by atoms with Crippen molar-refractivity contribution >= 4 is 29.7 Å². The van der Waals surface area contributed by atoms with E-state index in [0.717, 1.165) is 0 Å². The highest BCUT2D eigenvalue weighted by atomic mass is 16.4. The number of hydrogen-bond donors (Lipinski definition) is 7. The number of aromatic nitrogens is 2. The van der Waals surface area contributed by atoms with Gasteiger partial charge in [-0.2, -0.15) is 0 Å². The number of guanidine groups is 1. The van der Waals surface area contributed by atoms with E-state index < -0.39 is 41.8 Å². The minimum Gasteiger partial charge on any atom is -0.480 e. The van der Waals surface area contributed by atoms with Crippen molar-refractivity contribution in [3.63, 3.8) is 0 Å². The predicted molar refractivity (Wildman–Crippen MR) is 117 cm³/mol. The summed E-state index contributed by atoms with van der Waals surface area (Å²) in [5.74, 6) is -2.84. The van der Waals surface area contributed by atoms with Crippen molar-refractivity contribution in [3.8, 4) is 0 Å². The number of carboxylic acid groups (broad SMARTS) is 1. The van der Waals surface area contributed by atoms with Crippen molar-refractivity contribution < 1.29 is 24.3 Å². The van der Waals surface area contributed by atoms with Crippen LogP contribution >= 0.6 is 0 Å². The van der Waals surface area contributed by atoms with Gasteiger partial charge in [-0.1, -0.05) is 0 Å². The van der Waals surface area contributed by atoms with Crippen LogP contribution in [0.25, 0.3) is 0 Å². The fourth-order valence-electron chi connectivity index (χ4n) is 3.60. The van der Waals surface area contributed by atoms with Crippen LogP contribution < -0.4 is 27.8 Å². The zero-order valence-electron chi connectivity index (χ0n) is 18.2. The van der Waals surface area contributed by atoms with E-state index in [1.165, 1.54) is 17.4 Å². The van der Waals surface area contributed by atoms with E-state index in [0.29, 0.717) is 31.5 Å². The lowest BCUT2D eigenvalue weighted by Gasteiger charge is -2.29. The number of nitrogens with two attached hydrogens (primary N) is 3. The summed E-state index contributed by atoms with van der Waals surface area (Å²) in [6.07, 6.45) is 4.52. The van der Waals surface area contributed by atoms with Crippen molar-refractivity contribution in [2.75, 3.05) is 19.6 Å². The lowest BCUT2D eigenvalue weighted by Crippen LogP contribution is -2.56. The third kappa shape index (κ3) is 7.75. The molecule has 0 aliphatic carbocycles. The second-order valence-electron chi connectivity index (χ2n) is 7.64. The van der Waals surface area contributed by atoms with E-state index in [1.54, 1.807) is 0 Å². The summed E-state index contributed by atoms with van der Waals surface area (Å²) in [5, 5.41) is 14.5. The Morgan fingerprint density at radius 3 is 2.64 bits per heavy atom. The summed E-state index contributed by atoms with van der Waals surface area (Å²) < 4.78 is 0. The van der Waals surface area contributed by atoms with Gasteiger partial charge in [-0.25, -0.2) is 9.78 Å². The minimum atomic E-state index is -1.20. The maximum absolute atomic E-state index is 13.2. The SMILES string of the molecule is NCC(=O)NC(Cc1cnc[nH]1)C(=O)N1CCCC1C(=O)NC(CCCN=C(N)N)C(=O)O. The van der Waals surface area contributed by atoms with Crippen LogP contribution in [0.3, 0.4) is 0 Å². The van der Waals surface area contributed by atoms with Gasteiger partial charge >= 0.3 is 5.97 Å². The summed E-state index contributed by atoms with van der Waals surface area (Å²) in [6, 6.07) is -2.96. The Labute approximate surface area is 190 Å². The van der Waals surface area contributed by atoms with Crippen molar-refractivity contribution in [2.45, 2.75) is 50.2 Å². The molecule has 0 bridgehead atoms. The molecule has 1 aromatic rings. The molecular formula is C19H31N9O5. The molecule has 0 radical (unpaired) electrons. The third-order valence-corrected chi connectivity index (χ3v) is 5.20. The molecule has 1 aliphatic rings. The summed E-state index contributed by atoms with van der Waals surface area (Å²) in [6.45, 7) is 0.236. The molecule has 2 rings (SSSR count). The highest BCUT2D eigenvalue weighted by Crippen LogP contribution is 2.20. The molecule has 1 saturated heterocycles. The number of carboxylic acids is 1. The Morgan fingerprint density at radius 1 is 1.27 bits per heavy atom. The first kappa shape index (κ1) is 25.6. The molecular weight excluding hydrogens is 434 g/mol. The number of amides is 3. The van der Waals surface area contributed by atoms with Crippen molar-refractivity contribution in [3.05, 3.63) is 18.2 Å². The second kappa shape index (κ2) is 12.4. The van der Waals surface area contributed by atoms with Crippen LogP contribution in [0.1, 0.15) is 31.4 Å². The van der Waals surface area contributed by atoms with Gasteiger partial charge in [0.05, 0.1) is 12.9 Å². The number of carbonyl (C=O) groups is 4. The van der Waals surface area contributed by atoms with Crippen molar-refractivity contribution in [2.24, 2.45) is 22.2 Å². The van der Waals surface area contributed by atoms with E-state index >= 15 is 0 Å². The topological polar surface area (TPSA) is 235 Å². The number of aromatic amines is 1. The fourth-order valence-corrected chi connectivity index (χ4v) is 3.60. The largest absolute Gasteiger partial charge is 0.480 e. The molecule has 33 heavy (non-hydrogen) atoms. The number of aliphatic imine (C=N–C) groups is 1. The van der Waals surface area contributed by atoms with Crippen molar-refractivity contribution in [1.82, 2.24) is 25.5 Å². The zero-order valence-corrected chi connectivity index (χ0v) is 18.2. The number of rotatable bonds is 12. The highest BCUT2D eigenvalue weighted by Gasteiger charge is 2.38. The molecule has 182 valence electrons. The quantitative estimate of drug-likeness (QED) is 0.0945. The van der Waals surface area contributed by atoms with Crippen LogP contribution in [0.15, 0.2) is 17.5 Å². The first-order valence-corrected chi connectivity index (χ1v) is 10.6. The summed E-state index contributed by atoms with van der Waals surface area (Å²) in [7, 11) is 0. The van der Waals surface area contributed by atoms with Gasteiger partial charge in [0.15, 0.2) is 5.96 Å². The molecule has 14 heteroatoms. The van der Waals surface area contributed by atoms with Crippen LogP contribution in [0.5, 0.6) is 0 Å². The van der Waals surface area contributed by atoms with E-state index in [9.17, 15) is 24.3 Å². The van der Waals surface area contributed by atoms with Gasteiger partial charge in [0, 0.05) is 31.4 Å². The van der Waals surface area contributed by atoms with Crippen LogP contribution in [0, 0.1) is 0 Å². The van der Waals surface area contributed by atoms with Gasteiger partial charge in [0.25, 0.3) is 0 Å². The monoisotopic (exact) mass is 465 g/mol. The van der Waals surface area contributed by atoms with Gasteiger partial charge in [-0.3, -0.25) is 19.4 Å². The third-order valence-electron chi connectivity index (χ3n) is 5.20.